The molecule has 0 aliphatic rings. The second-order valence-electron chi connectivity index (χ2n) is 4.28. The van der Waals surface area contributed by atoms with Crippen molar-refractivity contribution in [2.75, 3.05) is 20.2 Å². The number of rotatable bonds is 7. The smallest absolute Gasteiger partial charge is 0.272 e. The first kappa shape index (κ1) is 16.8. The third kappa shape index (κ3) is 4.12. The number of nitrogens with two attached hydrogens (primary N) is 1. The molecule has 0 bridgehead atoms. The van der Waals surface area contributed by atoms with Crippen LogP contribution in [0.4, 0.5) is 8.78 Å². The van der Waals surface area contributed by atoms with Crippen LogP contribution in [0.3, 0.4) is 0 Å². The van der Waals surface area contributed by atoms with Crippen LogP contribution in [0.2, 0.25) is 0 Å². The Bertz CT molecular complexity index is 520. The molecule has 1 aromatic rings. The molecule has 0 aliphatic carbocycles. The maximum atomic E-state index is 12.2. The van der Waals surface area contributed by atoms with Crippen molar-refractivity contribution in [1.82, 2.24) is 4.31 Å². The van der Waals surface area contributed by atoms with E-state index in [2.05, 4.69) is 0 Å². The number of likely N-dealkylation sites (N-methyl/N-ethyl adjacent to an activating group) is 1. The SMILES string of the molecule is CC(CN)N(C)S(=O)(=O)c1ccc(OCC(F)F)cc1. The van der Waals surface area contributed by atoms with Crippen LogP contribution in [0.1, 0.15) is 6.92 Å². The van der Waals surface area contributed by atoms with E-state index in [0.29, 0.717) is 0 Å². The summed E-state index contributed by atoms with van der Waals surface area (Å²) in [6.07, 6.45) is -2.57. The molecule has 2 N–H and O–H groups in total. The number of nitrogens with zero attached hydrogens (tertiary/aromatic N) is 1. The first-order chi connectivity index (χ1) is 9.28. The van der Waals surface area contributed by atoms with Crippen LogP contribution in [0.5, 0.6) is 5.75 Å². The summed E-state index contributed by atoms with van der Waals surface area (Å²) in [6, 6.07) is 4.98. The van der Waals surface area contributed by atoms with Gasteiger partial charge in [0, 0.05) is 19.6 Å². The van der Waals surface area contributed by atoms with Crippen molar-refractivity contribution in [2.24, 2.45) is 5.73 Å². The lowest BCUT2D eigenvalue weighted by atomic mass is 10.3. The van der Waals surface area contributed by atoms with Crippen molar-refractivity contribution in [3.05, 3.63) is 24.3 Å². The average Bonchev–Trinajstić information content (AvgIpc) is 2.43. The second kappa shape index (κ2) is 6.96. The van der Waals surface area contributed by atoms with Gasteiger partial charge in [-0.15, -0.1) is 0 Å². The number of ether oxygens (including phenoxy) is 1. The Morgan fingerprint density at radius 2 is 1.85 bits per heavy atom. The highest BCUT2D eigenvalue weighted by atomic mass is 32.2. The Morgan fingerprint density at radius 1 is 1.30 bits per heavy atom. The first-order valence-corrected chi connectivity index (χ1v) is 7.42. The van der Waals surface area contributed by atoms with Crippen molar-refractivity contribution >= 4 is 10.0 Å². The minimum absolute atomic E-state index is 0.0599. The van der Waals surface area contributed by atoms with Crippen LogP contribution < -0.4 is 10.5 Å². The number of benzene rings is 1. The normalized spacial score (nSPS) is 13.8. The number of hydrogen-bond donors (Lipinski definition) is 1. The van der Waals surface area contributed by atoms with Crippen molar-refractivity contribution in [3.8, 4) is 5.75 Å². The summed E-state index contributed by atoms with van der Waals surface area (Å²) in [7, 11) is -2.21. The van der Waals surface area contributed by atoms with Gasteiger partial charge in [0.05, 0.1) is 4.90 Å². The third-order valence-electron chi connectivity index (χ3n) is 2.84. The number of sulfonamides is 1. The Balaban J connectivity index is 2.87. The van der Waals surface area contributed by atoms with Crippen LogP contribution in [0.15, 0.2) is 29.2 Å². The predicted octanol–water partition coefficient (Wildman–Crippen LogP) is 1.30. The van der Waals surface area contributed by atoms with Gasteiger partial charge < -0.3 is 10.5 Å². The van der Waals surface area contributed by atoms with Crippen LogP contribution in [0.25, 0.3) is 0 Å². The summed E-state index contributed by atoms with van der Waals surface area (Å²) >= 11 is 0. The largest absolute Gasteiger partial charge is 0.488 e. The molecule has 0 heterocycles. The molecule has 0 radical (unpaired) electrons. The van der Waals surface area contributed by atoms with Gasteiger partial charge in [-0.05, 0) is 31.2 Å². The summed E-state index contributed by atoms with van der Waals surface area (Å²) in [5, 5.41) is 0. The van der Waals surface area contributed by atoms with E-state index in [-0.39, 0.29) is 23.2 Å². The Kier molecular flexibility index (Phi) is 5.85. The van der Waals surface area contributed by atoms with E-state index >= 15 is 0 Å². The van der Waals surface area contributed by atoms with Crippen molar-refractivity contribution in [2.45, 2.75) is 24.3 Å². The molecule has 114 valence electrons. The lowest BCUT2D eigenvalue weighted by Gasteiger charge is -2.23. The first-order valence-electron chi connectivity index (χ1n) is 5.98. The van der Waals surface area contributed by atoms with Gasteiger partial charge >= 0.3 is 0 Å². The van der Waals surface area contributed by atoms with Gasteiger partial charge in [0.2, 0.25) is 10.0 Å². The van der Waals surface area contributed by atoms with Crippen molar-refractivity contribution in [3.63, 3.8) is 0 Å². The zero-order chi connectivity index (χ0) is 15.3. The molecule has 0 aromatic heterocycles. The van der Waals surface area contributed by atoms with Gasteiger partial charge in [-0.25, -0.2) is 17.2 Å². The van der Waals surface area contributed by atoms with Gasteiger partial charge in [-0.2, -0.15) is 4.31 Å². The zero-order valence-corrected chi connectivity index (χ0v) is 12.1. The van der Waals surface area contributed by atoms with Gasteiger partial charge in [0.1, 0.15) is 12.4 Å². The van der Waals surface area contributed by atoms with Crippen molar-refractivity contribution in [1.29, 1.82) is 0 Å². The highest BCUT2D eigenvalue weighted by Crippen LogP contribution is 2.20. The van der Waals surface area contributed by atoms with E-state index in [4.69, 9.17) is 10.5 Å². The lowest BCUT2D eigenvalue weighted by Crippen LogP contribution is -2.39. The number of halogens is 2. The predicted molar refractivity (Wildman–Crippen MR) is 71.4 cm³/mol. The monoisotopic (exact) mass is 308 g/mol. The highest BCUT2D eigenvalue weighted by molar-refractivity contribution is 7.89. The van der Waals surface area contributed by atoms with Gasteiger partial charge in [0.15, 0.2) is 0 Å². The fourth-order valence-corrected chi connectivity index (χ4v) is 2.79. The van der Waals surface area contributed by atoms with E-state index in [1.165, 1.54) is 35.6 Å². The molecule has 1 atom stereocenters. The molecule has 0 spiro atoms. The molecule has 20 heavy (non-hydrogen) atoms. The van der Waals surface area contributed by atoms with Crippen LogP contribution in [-0.2, 0) is 10.0 Å². The lowest BCUT2D eigenvalue weighted by molar-refractivity contribution is 0.0819. The third-order valence-corrected chi connectivity index (χ3v) is 4.82. The minimum Gasteiger partial charge on any atom is -0.488 e. The molecule has 0 amide bonds. The molecular weight excluding hydrogens is 290 g/mol. The molecule has 0 aliphatic heterocycles. The quantitative estimate of drug-likeness (QED) is 0.824. The average molecular weight is 308 g/mol. The maximum absolute atomic E-state index is 12.2. The standard InChI is InChI=1S/C12H18F2N2O3S/c1-9(7-15)16(2)20(17,18)11-5-3-10(4-6-11)19-8-12(13)14/h3-6,9,12H,7-8,15H2,1-2H3. The molecule has 0 saturated carbocycles. The minimum atomic E-state index is -3.65. The van der Waals surface area contributed by atoms with E-state index in [9.17, 15) is 17.2 Å². The maximum Gasteiger partial charge on any atom is 0.272 e. The summed E-state index contributed by atoms with van der Waals surface area (Å²) in [5.74, 6) is 0.193. The fourth-order valence-electron chi connectivity index (χ4n) is 1.42. The zero-order valence-electron chi connectivity index (χ0n) is 11.3. The topological polar surface area (TPSA) is 72.6 Å². The second-order valence-corrected chi connectivity index (χ2v) is 6.28. The van der Waals surface area contributed by atoms with Crippen molar-refractivity contribution < 1.29 is 21.9 Å². The molecule has 5 nitrogen and oxygen atoms in total. The molecule has 0 saturated heterocycles. The van der Waals surface area contributed by atoms with E-state index in [1.807, 2.05) is 0 Å². The van der Waals surface area contributed by atoms with Crippen LogP contribution >= 0.6 is 0 Å². The Labute approximate surface area is 117 Å². The van der Waals surface area contributed by atoms with Crippen LogP contribution in [-0.4, -0.2) is 45.4 Å². The van der Waals surface area contributed by atoms with E-state index in [1.54, 1.807) is 6.92 Å². The molecule has 1 rings (SSSR count). The molecule has 1 aromatic carbocycles. The van der Waals surface area contributed by atoms with Gasteiger partial charge in [0.25, 0.3) is 6.43 Å². The summed E-state index contributed by atoms with van der Waals surface area (Å²) < 4.78 is 54.4. The fraction of sp³-hybridized carbons (Fsp3) is 0.500. The van der Waals surface area contributed by atoms with E-state index in [0.717, 1.165) is 0 Å². The van der Waals surface area contributed by atoms with Gasteiger partial charge in [-0.1, -0.05) is 0 Å². The molecular formula is C12H18F2N2O3S. The Morgan fingerprint density at radius 3 is 2.30 bits per heavy atom. The molecule has 8 heteroatoms. The molecule has 1 unspecified atom stereocenters. The molecule has 0 fully saturated rings. The number of alkyl halides is 2. The summed E-state index contributed by atoms with van der Waals surface area (Å²) in [5.41, 5.74) is 5.44. The summed E-state index contributed by atoms with van der Waals surface area (Å²) in [6.45, 7) is 1.17. The highest BCUT2D eigenvalue weighted by Gasteiger charge is 2.24. The van der Waals surface area contributed by atoms with Crippen LogP contribution in [0, 0.1) is 0 Å². The summed E-state index contributed by atoms with van der Waals surface area (Å²) in [4.78, 5) is 0.0599. The number of hydrogen-bond acceptors (Lipinski definition) is 4. The van der Waals surface area contributed by atoms with Gasteiger partial charge in [-0.3, -0.25) is 0 Å². The Hall–Kier alpha value is -1.25. The van der Waals surface area contributed by atoms with E-state index < -0.39 is 23.1 Å².